The summed E-state index contributed by atoms with van der Waals surface area (Å²) in [5.41, 5.74) is 0.567. The van der Waals surface area contributed by atoms with Gasteiger partial charge in [0.15, 0.2) is 9.04 Å². The normalized spacial score (nSPS) is 13.6. The van der Waals surface area contributed by atoms with Crippen LogP contribution in [0.3, 0.4) is 0 Å². The molecule has 2 atom stereocenters. The van der Waals surface area contributed by atoms with Gasteiger partial charge in [-0.25, -0.2) is 14.2 Å². The van der Waals surface area contributed by atoms with Gasteiger partial charge in [0, 0.05) is 18.2 Å². The van der Waals surface area contributed by atoms with Crippen LogP contribution in [-0.4, -0.2) is 44.4 Å². The van der Waals surface area contributed by atoms with E-state index in [-0.39, 0.29) is 58.5 Å². The first-order valence-electron chi connectivity index (χ1n) is 13.6. The summed E-state index contributed by atoms with van der Waals surface area (Å²) in [6.07, 6.45) is 1.46. The lowest BCUT2D eigenvalue weighted by Gasteiger charge is -2.42. The monoisotopic (exact) mass is 590 g/mol. The summed E-state index contributed by atoms with van der Waals surface area (Å²) in [6, 6.07) is 6.34. The minimum atomic E-state index is -1.50. The first kappa shape index (κ1) is 31.8. The molecule has 1 unspecified atom stereocenters. The smallest absolute Gasteiger partial charge is 0.343 e. The lowest BCUT2D eigenvalue weighted by Crippen LogP contribution is -2.43. The van der Waals surface area contributed by atoms with Gasteiger partial charge in [0.1, 0.15) is 16.9 Å². The predicted octanol–water partition coefficient (Wildman–Crippen LogP) is 6.58. The molecule has 0 aliphatic rings. The number of esters is 1. The Kier molecular flexibility index (Phi) is 10.2. The Balaban J connectivity index is 2.42. The third-order valence-electron chi connectivity index (χ3n) is 6.74. The van der Waals surface area contributed by atoms with Crippen molar-refractivity contribution in [3.8, 4) is 5.88 Å². The van der Waals surface area contributed by atoms with Crippen LogP contribution in [0.2, 0.25) is 18.1 Å². The standard InChI is InChI=1S/C30H40ClFN2O5Si/c1-10-38-29(36)20-16-34(25(17(2)3)27(30(4,5)6)39-40(8)9)22-15-19(28(37-7)33-24(22)26(20)35)14-18-12-11-13-21(31)23(18)32/h11-13,15-17,25,27,40H,10,14H2,1-9H3/t25-,27?/m0/s1. The van der Waals surface area contributed by atoms with E-state index in [2.05, 4.69) is 52.7 Å². The van der Waals surface area contributed by atoms with Crippen LogP contribution in [0, 0.1) is 17.2 Å². The van der Waals surface area contributed by atoms with Gasteiger partial charge in [-0.05, 0) is 49.0 Å². The number of pyridine rings is 2. The number of methoxy groups -OCH3 is 1. The molecule has 0 spiro atoms. The van der Waals surface area contributed by atoms with Gasteiger partial charge in [-0.2, -0.15) is 0 Å². The van der Waals surface area contributed by atoms with Gasteiger partial charge in [-0.3, -0.25) is 4.79 Å². The van der Waals surface area contributed by atoms with E-state index in [1.165, 1.54) is 13.2 Å². The highest BCUT2D eigenvalue weighted by Gasteiger charge is 2.38. The van der Waals surface area contributed by atoms with Gasteiger partial charge in [-0.15, -0.1) is 0 Å². The molecule has 0 aliphatic carbocycles. The number of aromatic nitrogens is 2. The molecule has 0 radical (unpaired) electrons. The molecular weight excluding hydrogens is 551 g/mol. The molecule has 7 nitrogen and oxygen atoms in total. The van der Waals surface area contributed by atoms with Crippen molar-refractivity contribution in [1.82, 2.24) is 9.55 Å². The Morgan fingerprint density at radius 2 is 1.88 bits per heavy atom. The summed E-state index contributed by atoms with van der Waals surface area (Å²) in [4.78, 5) is 31.2. The lowest BCUT2D eigenvalue weighted by molar-refractivity contribution is 0.0212. The largest absolute Gasteiger partial charge is 0.481 e. The zero-order valence-corrected chi connectivity index (χ0v) is 26.7. The second kappa shape index (κ2) is 12.8. The number of benzene rings is 1. The molecular formula is C30H40ClFN2O5Si. The number of carbonyl (C=O) groups is 1. The van der Waals surface area contributed by atoms with Gasteiger partial charge < -0.3 is 18.5 Å². The summed E-state index contributed by atoms with van der Waals surface area (Å²) in [5, 5.41) is 0.0177. The van der Waals surface area contributed by atoms with E-state index >= 15 is 0 Å². The van der Waals surface area contributed by atoms with Gasteiger partial charge in [0.25, 0.3) is 0 Å². The predicted molar refractivity (Wildman–Crippen MR) is 160 cm³/mol. The SMILES string of the molecule is CCOC(=O)c1cn([C@@H](C(C)C)C(O[SiH](C)C)C(C)(C)C)c2cc(Cc3cccc(Cl)c3F)c(OC)nc2c1=O. The Hall–Kier alpha value is -2.75. The zero-order valence-electron chi connectivity index (χ0n) is 24.8. The van der Waals surface area contributed by atoms with Gasteiger partial charge in [0.2, 0.25) is 11.3 Å². The Bertz CT molecular complexity index is 1430. The van der Waals surface area contributed by atoms with Crippen LogP contribution in [0.4, 0.5) is 4.39 Å². The van der Waals surface area contributed by atoms with Gasteiger partial charge in [-0.1, -0.05) is 58.4 Å². The molecule has 218 valence electrons. The lowest BCUT2D eigenvalue weighted by atomic mass is 9.80. The molecule has 0 saturated carbocycles. The van der Waals surface area contributed by atoms with Crippen LogP contribution in [0.25, 0.3) is 11.0 Å². The van der Waals surface area contributed by atoms with Crippen molar-refractivity contribution in [2.45, 2.75) is 73.2 Å². The maximum absolute atomic E-state index is 14.9. The van der Waals surface area contributed by atoms with Crippen molar-refractivity contribution in [2.24, 2.45) is 11.3 Å². The molecule has 10 heteroatoms. The first-order valence-corrected chi connectivity index (χ1v) is 16.7. The van der Waals surface area contributed by atoms with Crippen molar-refractivity contribution >= 4 is 37.6 Å². The molecule has 0 amide bonds. The minimum Gasteiger partial charge on any atom is -0.481 e. The van der Waals surface area contributed by atoms with E-state index in [0.29, 0.717) is 16.6 Å². The summed E-state index contributed by atoms with van der Waals surface area (Å²) in [5.74, 6) is -1.03. The fourth-order valence-electron chi connectivity index (χ4n) is 4.99. The number of hydrogen-bond acceptors (Lipinski definition) is 6. The third kappa shape index (κ3) is 6.75. The molecule has 0 bridgehead atoms. The number of rotatable bonds is 10. The summed E-state index contributed by atoms with van der Waals surface area (Å²) >= 11 is 6.04. The number of nitrogens with zero attached hydrogens (tertiary/aromatic N) is 2. The van der Waals surface area contributed by atoms with Crippen LogP contribution in [-0.2, 0) is 15.6 Å². The maximum atomic E-state index is 14.9. The molecule has 0 fully saturated rings. The molecule has 2 heterocycles. The fourth-order valence-corrected chi connectivity index (χ4v) is 6.34. The van der Waals surface area contributed by atoms with Gasteiger partial charge in [0.05, 0.1) is 36.4 Å². The Labute approximate surface area is 242 Å². The highest BCUT2D eigenvalue weighted by molar-refractivity contribution is 6.48. The topological polar surface area (TPSA) is 79.7 Å². The highest BCUT2D eigenvalue weighted by Crippen LogP contribution is 2.38. The summed E-state index contributed by atoms with van der Waals surface area (Å²) in [6.45, 7) is 16.6. The minimum absolute atomic E-state index is 0.0177. The van der Waals surface area contributed by atoms with E-state index in [1.807, 2.05) is 4.57 Å². The highest BCUT2D eigenvalue weighted by atomic mass is 35.5. The molecule has 3 aromatic rings. The average molecular weight is 591 g/mol. The molecule has 1 aromatic carbocycles. The fraction of sp³-hybridized carbons (Fsp3) is 0.500. The van der Waals surface area contributed by atoms with Crippen LogP contribution >= 0.6 is 11.6 Å². The van der Waals surface area contributed by atoms with Crippen LogP contribution in [0.1, 0.15) is 69.1 Å². The van der Waals surface area contributed by atoms with Crippen molar-refractivity contribution in [2.75, 3.05) is 13.7 Å². The quantitative estimate of drug-likeness (QED) is 0.196. The molecule has 2 aromatic heterocycles. The summed E-state index contributed by atoms with van der Waals surface area (Å²) < 4.78 is 34.2. The molecule has 40 heavy (non-hydrogen) atoms. The maximum Gasteiger partial charge on any atom is 0.343 e. The van der Waals surface area contributed by atoms with Gasteiger partial charge >= 0.3 is 5.97 Å². The second-order valence-corrected chi connectivity index (χ2v) is 14.4. The molecule has 0 N–H and O–H groups in total. The van der Waals surface area contributed by atoms with Crippen molar-refractivity contribution < 1.29 is 23.1 Å². The van der Waals surface area contributed by atoms with E-state index in [0.717, 1.165) is 0 Å². The third-order valence-corrected chi connectivity index (χ3v) is 7.87. The number of halogens is 2. The van der Waals surface area contributed by atoms with Crippen molar-refractivity contribution in [3.63, 3.8) is 0 Å². The number of fused-ring (bicyclic) bond motifs is 1. The average Bonchev–Trinajstić information content (AvgIpc) is 2.86. The second-order valence-electron chi connectivity index (χ2n) is 11.6. The molecule has 0 saturated heterocycles. The van der Waals surface area contributed by atoms with E-state index in [1.54, 1.807) is 31.3 Å². The zero-order chi connectivity index (χ0) is 29.9. The van der Waals surface area contributed by atoms with Crippen LogP contribution in [0.5, 0.6) is 5.88 Å². The Morgan fingerprint density at radius 3 is 2.42 bits per heavy atom. The summed E-state index contributed by atoms with van der Waals surface area (Å²) in [7, 11) is -0.0638. The number of hydrogen-bond donors (Lipinski definition) is 0. The first-order chi connectivity index (χ1) is 18.7. The van der Waals surface area contributed by atoms with Crippen molar-refractivity contribution in [3.05, 3.63) is 68.2 Å². The van der Waals surface area contributed by atoms with E-state index < -0.39 is 26.3 Å². The van der Waals surface area contributed by atoms with E-state index in [4.69, 9.17) is 25.5 Å². The Morgan fingerprint density at radius 1 is 1.20 bits per heavy atom. The van der Waals surface area contributed by atoms with Crippen molar-refractivity contribution in [1.29, 1.82) is 0 Å². The van der Waals surface area contributed by atoms with Crippen LogP contribution < -0.4 is 10.2 Å². The molecule has 3 rings (SSSR count). The molecule has 0 aliphatic heterocycles. The van der Waals surface area contributed by atoms with Crippen LogP contribution in [0.15, 0.2) is 35.3 Å². The van der Waals surface area contributed by atoms with E-state index in [9.17, 15) is 14.0 Å². The number of ether oxygens (including phenoxy) is 2. The number of carbonyl (C=O) groups excluding carboxylic acids is 1.